The molecule has 0 unspecified atom stereocenters. The number of aromatic carboxylic acids is 1. The molecule has 0 amide bonds. The Bertz CT molecular complexity index is 1140. The van der Waals surface area contributed by atoms with Gasteiger partial charge in [-0.3, -0.25) is 0 Å². The van der Waals surface area contributed by atoms with E-state index in [0.29, 0.717) is 23.6 Å². The van der Waals surface area contributed by atoms with Crippen molar-refractivity contribution in [2.24, 2.45) is 7.05 Å². The molecule has 2 aromatic rings. The third-order valence-electron chi connectivity index (χ3n) is 5.67. The van der Waals surface area contributed by atoms with Gasteiger partial charge in [0.15, 0.2) is 0 Å². The van der Waals surface area contributed by atoms with Crippen LogP contribution in [0.4, 0.5) is 0 Å². The second kappa shape index (κ2) is 11.2. The number of hydrogen-bond donors (Lipinski definition) is 2. The van der Waals surface area contributed by atoms with E-state index in [2.05, 4.69) is 0 Å². The number of aryl methyl sites for hydroxylation is 1. The number of aromatic nitrogens is 1. The molecule has 2 N–H and O–H groups in total. The Labute approximate surface area is 204 Å². The zero-order valence-corrected chi connectivity index (χ0v) is 22.0. The van der Waals surface area contributed by atoms with Gasteiger partial charge in [0.2, 0.25) is 0 Å². The number of benzene rings is 1. The van der Waals surface area contributed by atoms with Crippen molar-refractivity contribution in [2.75, 3.05) is 6.61 Å². The summed E-state index contributed by atoms with van der Waals surface area (Å²) in [6.45, 7) is 4.39. The number of hydrogen-bond acceptors (Lipinski definition) is 5. The Morgan fingerprint density at radius 1 is 1.36 bits per heavy atom. The molecule has 174 valence electrons. The Hall–Kier alpha value is -2.28. The summed E-state index contributed by atoms with van der Waals surface area (Å²) < 4.78 is 14.1. The van der Waals surface area contributed by atoms with Gasteiger partial charge < -0.3 is 9.68 Å². The number of allylic oxidation sites excluding steroid dienone is 1. The van der Waals surface area contributed by atoms with Crippen molar-refractivity contribution in [1.82, 2.24) is 4.57 Å². The van der Waals surface area contributed by atoms with Crippen molar-refractivity contribution in [2.45, 2.75) is 45.6 Å². The summed E-state index contributed by atoms with van der Waals surface area (Å²) in [5.41, 5.74) is 2.26. The fraction of sp³-hybridized carbons (Fsp3) is 0.375. The van der Waals surface area contributed by atoms with Gasteiger partial charge in [-0.05, 0) is 12.0 Å². The Morgan fingerprint density at radius 3 is 2.79 bits per heavy atom. The molecule has 2 heterocycles. The number of rotatable bonds is 10. The minimum atomic E-state index is -1.21. The topological polar surface area (TPSA) is 98.0 Å². The Balaban J connectivity index is 1.58. The van der Waals surface area contributed by atoms with Crippen molar-refractivity contribution >= 4 is 28.5 Å². The first-order chi connectivity index (χ1) is 15.8. The third kappa shape index (κ3) is 5.63. The number of carbonyl (C=O) groups is 1. The molecule has 33 heavy (non-hydrogen) atoms. The van der Waals surface area contributed by atoms with Gasteiger partial charge in [-0.1, -0.05) is 19.1 Å². The van der Waals surface area contributed by atoms with Crippen LogP contribution in [0.15, 0.2) is 35.3 Å². The molecule has 0 saturated heterocycles. The number of fused-ring (bicyclic) bond motifs is 1. The summed E-state index contributed by atoms with van der Waals surface area (Å²) in [6.07, 6.45) is 8.47. The number of carboxylic acids is 1. The van der Waals surface area contributed by atoms with Crippen LogP contribution in [0.3, 0.4) is 0 Å². The maximum absolute atomic E-state index is 12.6. The first-order valence-electron chi connectivity index (χ1n) is 11.0. The van der Waals surface area contributed by atoms with E-state index >= 15 is 0 Å². The van der Waals surface area contributed by atoms with Gasteiger partial charge in [-0.15, -0.1) is 0 Å². The van der Waals surface area contributed by atoms with Gasteiger partial charge in [0.25, 0.3) is 0 Å². The summed E-state index contributed by atoms with van der Waals surface area (Å²) in [5, 5.41) is 19.5. The molecule has 7 nitrogen and oxygen atoms in total. The van der Waals surface area contributed by atoms with Gasteiger partial charge in [0.05, 0.1) is 6.10 Å². The van der Waals surface area contributed by atoms with E-state index < -0.39 is 18.5 Å². The van der Waals surface area contributed by atoms with Gasteiger partial charge >= 0.3 is 158 Å². The van der Waals surface area contributed by atoms with Crippen LogP contribution >= 0.6 is 0 Å². The third-order valence-corrected chi connectivity index (χ3v) is 6.40. The zero-order valence-electron chi connectivity index (χ0n) is 19.0. The van der Waals surface area contributed by atoms with Crippen LogP contribution < -0.4 is 15.6 Å². The van der Waals surface area contributed by atoms with E-state index in [1.807, 2.05) is 44.2 Å². The van der Waals surface area contributed by atoms with Crippen LogP contribution in [-0.2, 0) is 31.1 Å². The van der Waals surface area contributed by atoms with Crippen LogP contribution in [0.2, 0.25) is 0 Å². The molecule has 0 aliphatic carbocycles. The monoisotopic (exact) mass is 621 g/mol. The number of nitrogens with zero attached hydrogens (tertiary/aromatic N) is 1. The molecule has 0 spiro atoms. The van der Waals surface area contributed by atoms with Crippen molar-refractivity contribution in [1.29, 1.82) is 0 Å². The first kappa shape index (κ1) is 25.3. The van der Waals surface area contributed by atoms with Crippen molar-refractivity contribution in [3.05, 3.63) is 63.1 Å². The smallest absolute Gasteiger partial charge is 0.0583 e. The van der Waals surface area contributed by atoms with E-state index in [9.17, 15) is 19.7 Å². The number of ether oxygens (including phenoxy) is 1. The van der Waals surface area contributed by atoms with Crippen molar-refractivity contribution < 1.29 is 43.7 Å². The first-order valence-corrected chi connectivity index (χ1v) is 12.5. The molecule has 1 aliphatic heterocycles. The second-order valence-corrected chi connectivity index (χ2v) is 10.2. The maximum atomic E-state index is 12.6. The molecule has 1 aromatic heterocycles. The Morgan fingerprint density at radius 2 is 2.12 bits per heavy atom. The molecule has 0 bridgehead atoms. The zero-order chi connectivity index (χ0) is 24.1. The van der Waals surface area contributed by atoms with E-state index in [1.165, 1.54) is 6.20 Å². The molecule has 0 radical (unpaired) electrons. The summed E-state index contributed by atoms with van der Waals surface area (Å²) in [7, 11) is 0.805. The van der Waals surface area contributed by atoms with Crippen LogP contribution in [0.25, 0.3) is 6.08 Å². The quantitative estimate of drug-likeness (QED) is 0.313. The standard InChI is InChI=1S/C24H28BNO6.W/c1-4-16-19(26(3)15-18(23(16)27)24(28)29)12-8-6-7-9-14-31-21-13-10-11-17-20(5-2)32-25(30)22(17)21;/h8,10-13,15,20,30H,5-7,9,14H2,1-3H3,(H,28,29);/t20-;/m1./s1. The molecular weight excluding hydrogens is 593 g/mol. The molecule has 3 rings (SSSR count). The van der Waals surface area contributed by atoms with Gasteiger partial charge in [0, 0.05) is 0 Å². The van der Waals surface area contributed by atoms with E-state index in [-0.39, 0.29) is 11.7 Å². The molecule has 9 heteroatoms. The average Bonchev–Trinajstić information content (AvgIpc) is 3.11. The van der Waals surface area contributed by atoms with Gasteiger partial charge in [0.1, 0.15) is 0 Å². The summed E-state index contributed by atoms with van der Waals surface area (Å²) >= 11 is 1.13. The normalized spacial score (nSPS) is 15.2. The van der Waals surface area contributed by atoms with Crippen LogP contribution in [-0.4, -0.2) is 38.3 Å². The molecule has 0 fully saturated rings. The summed E-state index contributed by atoms with van der Waals surface area (Å²) in [6, 6.07) is 5.75. The van der Waals surface area contributed by atoms with E-state index in [4.69, 9.17) is 9.39 Å². The Kier molecular flexibility index (Phi) is 8.63. The fourth-order valence-corrected chi connectivity index (χ4v) is 4.74. The van der Waals surface area contributed by atoms with Crippen LogP contribution in [0, 0.1) is 0 Å². The van der Waals surface area contributed by atoms with Gasteiger partial charge in [-0.2, -0.15) is 0 Å². The molecule has 1 aromatic carbocycles. The average molecular weight is 621 g/mol. The second-order valence-electron chi connectivity index (χ2n) is 8.00. The van der Waals surface area contributed by atoms with Crippen LogP contribution in [0.1, 0.15) is 72.8 Å². The minimum Gasteiger partial charge on any atom is -0.0583 e. The summed E-state index contributed by atoms with van der Waals surface area (Å²) in [5.74, 6) is -0.543. The minimum absolute atomic E-state index is 0.0975. The predicted molar refractivity (Wildman–Crippen MR) is 125 cm³/mol. The predicted octanol–water partition coefficient (Wildman–Crippen LogP) is 2.60. The van der Waals surface area contributed by atoms with Crippen molar-refractivity contribution in [3.8, 4) is 5.75 Å². The molecule has 1 aliphatic rings. The summed E-state index contributed by atoms with van der Waals surface area (Å²) in [4.78, 5) is 24.0. The molecule has 1 atom stereocenters. The van der Waals surface area contributed by atoms with E-state index in [1.54, 1.807) is 11.6 Å². The molecular formula is C24H28BNO6W. The van der Waals surface area contributed by atoms with Gasteiger partial charge in [-0.25, -0.2) is 0 Å². The number of pyridine rings is 1. The SMILES string of the molecule is CC[C@H]1OB(O)c2c(OCCCCC=Cc3c([C](C)=[W])c(=O)c(C(=O)O)cn3C)cccc21. The van der Waals surface area contributed by atoms with Crippen molar-refractivity contribution in [3.63, 3.8) is 0 Å². The van der Waals surface area contributed by atoms with Crippen LogP contribution in [0.5, 0.6) is 5.75 Å². The number of unbranched alkanes of at least 4 members (excludes halogenated alkanes) is 2. The fourth-order valence-electron chi connectivity index (χ4n) is 4.03. The molecule has 0 saturated carbocycles. The number of carboxylic acid groups (broad SMARTS) is 1. The van der Waals surface area contributed by atoms with E-state index in [0.717, 1.165) is 60.0 Å².